The standard InChI is InChI=1S/C24H32FN3O3S/c1-17-6-12-23(13-7-17)32(30,31)26-15-20-5-4-14-28(16-20)19(3)24(29)27-18(2)21-8-10-22(25)11-9-21/h6-13,18-20,26H,4-5,14-16H2,1-3H3,(H,27,29). The maximum atomic E-state index is 13.1. The second-order valence-electron chi connectivity index (χ2n) is 8.63. The van der Waals surface area contributed by atoms with Crippen LogP contribution in [-0.4, -0.2) is 44.9 Å². The number of halogens is 1. The Balaban J connectivity index is 1.53. The Bertz CT molecular complexity index is 1010. The van der Waals surface area contributed by atoms with E-state index in [1.54, 1.807) is 36.4 Å². The molecule has 1 aliphatic rings. The van der Waals surface area contributed by atoms with Crippen molar-refractivity contribution < 1.29 is 17.6 Å². The fraction of sp³-hybridized carbons (Fsp3) is 0.458. The van der Waals surface area contributed by atoms with Gasteiger partial charge in [0.2, 0.25) is 15.9 Å². The lowest BCUT2D eigenvalue weighted by atomic mass is 9.97. The quantitative estimate of drug-likeness (QED) is 0.632. The summed E-state index contributed by atoms with van der Waals surface area (Å²) in [6, 6.07) is 12.3. The molecule has 2 aromatic rings. The molecule has 1 aliphatic heterocycles. The zero-order valence-corrected chi connectivity index (χ0v) is 19.7. The van der Waals surface area contributed by atoms with E-state index < -0.39 is 10.0 Å². The molecule has 2 N–H and O–H groups in total. The first kappa shape index (κ1) is 24.4. The van der Waals surface area contributed by atoms with Crippen molar-refractivity contribution in [2.45, 2.75) is 50.6 Å². The monoisotopic (exact) mass is 461 g/mol. The number of piperidine rings is 1. The molecule has 3 rings (SSSR count). The number of carbonyl (C=O) groups excluding carboxylic acids is 1. The smallest absolute Gasteiger partial charge is 0.240 e. The highest BCUT2D eigenvalue weighted by Crippen LogP contribution is 2.20. The van der Waals surface area contributed by atoms with Crippen LogP contribution in [0.2, 0.25) is 0 Å². The van der Waals surface area contributed by atoms with Gasteiger partial charge < -0.3 is 5.32 Å². The molecule has 0 saturated carbocycles. The zero-order chi connectivity index (χ0) is 23.3. The van der Waals surface area contributed by atoms with Crippen molar-refractivity contribution >= 4 is 15.9 Å². The van der Waals surface area contributed by atoms with Gasteiger partial charge >= 0.3 is 0 Å². The normalized spacial score (nSPS) is 19.3. The van der Waals surface area contributed by atoms with Gasteiger partial charge in [0.25, 0.3) is 0 Å². The van der Waals surface area contributed by atoms with E-state index in [2.05, 4.69) is 14.9 Å². The molecule has 174 valence electrons. The molecule has 1 amide bonds. The van der Waals surface area contributed by atoms with Crippen LogP contribution < -0.4 is 10.0 Å². The first-order valence-electron chi connectivity index (χ1n) is 11.0. The largest absolute Gasteiger partial charge is 0.348 e. The van der Waals surface area contributed by atoms with E-state index in [1.165, 1.54) is 12.1 Å². The fourth-order valence-corrected chi connectivity index (χ4v) is 5.09. The van der Waals surface area contributed by atoms with E-state index in [0.29, 0.717) is 13.1 Å². The van der Waals surface area contributed by atoms with Gasteiger partial charge in [-0.15, -0.1) is 0 Å². The molecular weight excluding hydrogens is 429 g/mol. The summed E-state index contributed by atoms with van der Waals surface area (Å²) in [6.45, 7) is 7.43. The van der Waals surface area contributed by atoms with Gasteiger partial charge in [0.05, 0.1) is 17.0 Å². The molecule has 3 unspecified atom stereocenters. The molecule has 1 saturated heterocycles. The molecule has 2 aromatic carbocycles. The topological polar surface area (TPSA) is 78.5 Å². The van der Waals surface area contributed by atoms with Crippen molar-refractivity contribution in [3.8, 4) is 0 Å². The molecule has 0 spiro atoms. The predicted octanol–water partition coefficient (Wildman–Crippen LogP) is 3.39. The van der Waals surface area contributed by atoms with Gasteiger partial charge in [-0.05, 0) is 75.9 Å². The highest BCUT2D eigenvalue weighted by Gasteiger charge is 2.29. The summed E-state index contributed by atoms with van der Waals surface area (Å²) in [5.74, 6) is -0.269. The highest BCUT2D eigenvalue weighted by molar-refractivity contribution is 7.89. The van der Waals surface area contributed by atoms with E-state index in [-0.39, 0.29) is 34.6 Å². The minimum Gasteiger partial charge on any atom is -0.348 e. The molecular formula is C24H32FN3O3S. The highest BCUT2D eigenvalue weighted by atomic mass is 32.2. The van der Waals surface area contributed by atoms with Crippen LogP contribution in [0.4, 0.5) is 4.39 Å². The molecule has 1 fully saturated rings. The van der Waals surface area contributed by atoms with Gasteiger partial charge in [0, 0.05) is 13.1 Å². The summed E-state index contributed by atoms with van der Waals surface area (Å²) in [5, 5.41) is 3.00. The number of carbonyl (C=O) groups is 1. The second kappa shape index (κ2) is 10.6. The zero-order valence-electron chi connectivity index (χ0n) is 18.8. The molecule has 0 aliphatic carbocycles. The number of nitrogens with one attached hydrogen (secondary N) is 2. The Labute approximate surface area is 190 Å². The maximum absolute atomic E-state index is 13.1. The lowest BCUT2D eigenvalue weighted by Crippen LogP contribution is -2.50. The fourth-order valence-electron chi connectivity index (χ4n) is 3.98. The number of sulfonamides is 1. The molecule has 6 nitrogen and oxygen atoms in total. The molecule has 8 heteroatoms. The van der Waals surface area contributed by atoms with E-state index >= 15 is 0 Å². The Hall–Kier alpha value is -2.29. The van der Waals surface area contributed by atoms with Crippen LogP contribution in [-0.2, 0) is 14.8 Å². The maximum Gasteiger partial charge on any atom is 0.240 e. The third-order valence-corrected chi connectivity index (χ3v) is 7.54. The van der Waals surface area contributed by atoms with Crippen LogP contribution in [0.5, 0.6) is 0 Å². The molecule has 0 aromatic heterocycles. The summed E-state index contributed by atoms with van der Waals surface area (Å²) >= 11 is 0. The average Bonchev–Trinajstić information content (AvgIpc) is 2.78. The first-order chi connectivity index (χ1) is 15.2. The second-order valence-corrected chi connectivity index (χ2v) is 10.4. The van der Waals surface area contributed by atoms with Gasteiger partial charge in [-0.25, -0.2) is 17.5 Å². The minimum atomic E-state index is -3.55. The number of hydrogen-bond donors (Lipinski definition) is 2. The molecule has 3 atom stereocenters. The third-order valence-electron chi connectivity index (χ3n) is 6.10. The van der Waals surface area contributed by atoms with Crippen molar-refractivity contribution in [1.29, 1.82) is 0 Å². The van der Waals surface area contributed by atoms with Gasteiger partial charge in [-0.2, -0.15) is 0 Å². The number of hydrogen-bond acceptors (Lipinski definition) is 4. The van der Waals surface area contributed by atoms with Crippen LogP contribution in [0, 0.1) is 18.7 Å². The minimum absolute atomic E-state index is 0.0947. The summed E-state index contributed by atoms with van der Waals surface area (Å²) in [7, 11) is -3.55. The lowest BCUT2D eigenvalue weighted by molar-refractivity contribution is -0.127. The van der Waals surface area contributed by atoms with Gasteiger partial charge in [0.15, 0.2) is 0 Å². The summed E-state index contributed by atoms with van der Waals surface area (Å²) in [5.41, 5.74) is 1.85. The lowest BCUT2D eigenvalue weighted by Gasteiger charge is -2.36. The van der Waals surface area contributed by atoms with Crippen molar-refractivity contribution in [3.05, 3.63) is 65.5 Å². The predicted molar refractivity (Wildman–Crippen MR) is 123 cm³/mol. The number of benzene rings is 2. The average molecular weight is 462 g/mol. The molecule has 1 heterocycles. The summed E-state index contributed by atoms with van der Waals surface area (Å²) < 4.78 is 41.0. The number of likely N-dealkylation sites (tertiary alicyclic amines) is 1. The van der Waals surface area contributed by atoms with Crippen LogP contribution >= 0.6 is 0 Å². The van der Waals surface area contributed by atoms with E-state index in [0.717, 1.165) is 30.5 Å². The van der Waals surface area contributed by atoms with Crippen molar-refractivity contribution in [2.24, 2.45) is 5.92 Å². The summed E-state index contributed by atoms with van der Waals surface area (Å²) in [6.07, 6.45) is 1.81. The number of amides is 1. The van der Waals surface area contributed by atoms with E-state index in [9.17, 15) is 17.6 Å². The SMILES string of the molecule is Cc1ccc(S(=O)(=O)NCC2CCCN(C(C)C(=O)NC(C)c3ccc(F)cc3)C2)cc1. The Morgan fingerprint density at radius 2 is 1.78 bits per heavy atom. The summed E-state index contributed by atoms with van der Waals surface area (Å²) in [4.78, 5) is 15.2. The number of nitrogens with zero attached hydrogens (tertiary/aromatic N) is 1. The van der Waals surface area contributed by atoms with Gasteiger partial charge in [-0.1, -0.05) is 29.8 Å². The van der Waals surface area contributed by atoms with Crippen molar-refractivity contribution in [2.75, 3.05) is 19.6 Å². The molecule has 0 bridgehead atoms. The van der Waals surface area contributed by atoms with Crippen LogP contribution in [0.25, 0.3) is 0 Å². The van der Waals surface area contributed by atoms with Crippen LogP contribution in [0.1, 0.15) is 43.9 Å². The molecule has 0 radical (unpaired) electrons. The van der Waals surface area contributed by atoms with E-state index in [4.69, 9.17) is 0 Å². The Morgan fingerprint density at radius 3 is 2.44 bits per heavy atom. The molecule has 32 heavy (non-hydrogen) atoms. The van der Waals surface area contributed by atoms with Crippen molar-refractivity contribution in [3.63, 3.8) is 0 Å². The van der Waals surface area contributed by atoms with Crippen molar-refractivity contribution in [1.82, 2.24) is 14.9 Å². The van der Waals surface area contributed by atoms with E-state index in [1.807, 2.05) is 20.8 Å². The number of rotatable bonds is 8. The Morgan fingerprint density at radius 1 is 1.12 bits per heavy atom. The Kier molecular flexibility index (Phi) is 8.03. The van der Waals surface area contributed by atoms with Gasteiger partial charge in [-0.3, -0.25) is 9.69 Å². The van der Waals surface area contributed by atoms with Crippen LogP contribution in [0.15, 0.2) is 53.4 Å². The van der Waals surface area contributed by atoms with Gasteiger partial charge in [0.1, 0.15) is 5.82 Å². The first-order valence-corrected chi connectivity index (χ1v) is 12.5. The number of aryl methyl sites for hydroxylation is 1. The third kappa shape index (κ3) is 6.37. The van der Waals surface area contributed by atoms with Crippen LogP contribution in [0.3, 0.4) is 0 Å².